The van der Waals surface area contributed by atoms with Crippen molar-refractivity contribution >= 4 is 6.08 Å². The molecule has 1 N–H and O–H groups in total. The first kappa shape index (κ1) is 10.2. The summed E-state index contributed by atoms with van der Waals surface area (Å²) >= 11 is 0. The number of benzene rings is 1. The van der Waals surface area contributed by atoms with Crippen LogP contribution in [-0.2, 0) is 6.42 Å². The third-order valence-electron chi connectivity index (χ3n) is 2.73. The highest BCUT2D eigenvalue weighted by Crippen LogP contribution is 2.33. The first-order valence-corrected chi connectivity index (χ1v) is 5.40. The number of allylic oxidation sites excluding steroid dienone is 1. The summed E-state index contributed by atoms with van der Waals surface area (Å²) in [5.41, 5.74) is 3.98. The van der Waals surface area contributed by atoms with Crippen molar-refractivity contribution in [3.8, 4) is 5.75 Å². The number of hydrogen-bond acceptors (Lipinski definition) is 2. The van der Waals surface area contributed by atoms with Crippen molar-refractivity contribution in [3.63, 3.8) is 0 Å². The summed E-state index contributed by atoms with van der Waals surface area (Å²) in [7, 11) is 0. The molecule has 0 aliphatic heterocycles. The van der Waals surface area contributed by atoms with Gasteiger partial charge in [0.15, 0.2) is 0 Å². The largest absolute Gasteiger partial charge is 0.491 e. The SMILES string of the molecule is CCC1=Cc2c(cccc2OCCO)C1. The van der Waals surface area contributed by atoms with E-state index >= 15 is 0 Å². The van der Waals surface area contributed by atoms with Gasteiger partial charge in [0.2, 0.25) is 0 Å². The van der Waals surface area contributed by atoms with E-state index in [0.717, 1.165) is 18.6 Å². The van der Waals surface area contributed by atoms with Crippen molar-refractivity contribution < 1.29 is 9.84 Å². The Hall–Kier alpha value is -1.28. The quantitative estimate of drug-likeness (QED) is 0.816. The van der Waals surface area contributed by atoms with Gasteiger partial charge in [0.25, 0.3) is 0 Å². The van der Waals surface area contributed by atoms with Gasteiger partial charge in [-0.25, -0.2) is 0 Å². The van der Waals surface area contributed by atoms with Crippen LogP contribution in [0.2, 0.25) is 0 Å². The normalized spacial score (nSPS) is 13.6. The number of aliphatic hydroxyl groups excluding tert-OH is 1. The molecule has 1 aromatic carbocycles. The van der Waals surface area contributed by atoms with Gasteiger partial charge in [0, 0.05) is 5.56 Å². The second-order valence-corrected chi connectivity index (χ2v) is 3.73. The number of ether oxygens (including phenoxy) is 1. The first-order chi connectivity index (χ1) is 7.35. The highest BCUT2D eigenvalue weighted by molar-refractivity contribution is 5.69. The molecule has 2 nitrogen and oxygen atoms in total. The molecule has 0 spiro atoms. The predicted molar refractivity (Wildman–Crippen MR) is 61.0 cm³/mol. The van der Waals surface area contributed by atoms with Crippen molar-refractivity contribution in [2.24, 2.45) is 0 Å². The minimum absolute atomic E-state index is 0.0635. The Morgan fingerprint density at radius 1 is 1.40 bits per heavy atom. The molecule has 0 radical (unpaired) electrons. The van der Waals surface area contributed by atoms with Crippen LogP contribution in [0.25, 0.3) is 6.08 Å². The summed E-state index contributed by atoms with van der Waals surface area (Å²) in [5.74, 6) is 0.894. The molecule has 0 unspecified atom stereocenters. The Balaban J connectivity index is 2.26. The Morgan fingerprint density at radius 2 is 2.27 bits per heavy atom. The Bertz CT molecular complexity index is 380. The zero-order chi connectivity index (χ0) is 10.7. The maximum atomic E-state index is 8.73. The maximum Gasteiger partial charge on any atom is 0.126 e. The molecule has 0 bridgehead atoms. The number of aliphatic hydroxyl groups is 1. The predicted octanol–water partition coefficient (Wildman–Crippen LogP) is 2.41. The number of fused-ring (bicyclic) bond motifs is 1. The van der Waals surface area contributed by atoms with Gasteiger partial charge in [-0.1, -0.05) is 30.7 Å². The van der Waals surface area contributed by atoms with E-state index in [-0.39, 0.29) is 6.61 Å². The zero-order valence-electron chi connectivity index (χ0n) is 8.99. The van der Waals surface area contributed by atoms with Crippen LogP contribution < -0.4 is 4.74 Å². The fraction of sp³-hybridized carbons (Fsp3) is 0.385. The minimum Gasteiger partial charge on any atom is -0.491 e. The van der Waals surface area contributed by atoms with Crippen molar-refractivity contribution in [1.29, 1.82) is 0 Å². The molecule has 0 aromatic heterocycles. The number of rotatable bonds is 4. The molecule has 1 aromatic rings. The fourth-order valence-corrected chi connectivity index (χ4v) is 1.92. The summed E-state index contributed by atoms with van der Waals surface area (Å²) in [6, 6.07) is 6.11. The molecule has 0 amide bonds. The third-order valence-corrected chi connectivity index (χ3v) is 2.73. The first-order valence-electron chi connectivity index (χ1n) is 5.40. The van der Waals surface area contributed by atoms with Crippen LogP contribution in [0, 0.1) is 0 Å². The van der Waals surface area contributed by atoms with Crippen LogP contribution >= 0.6 is 0 Å². The molecule has 0 saturated heterocycles. The van der Waals surface area contributed by atoms with Gasteiger partial charge >= 0.3 is 0 Å². The molecule has 0 fully saturated rings. The van der Waals surface area contributed by atoms with Crippen LogP contribution in [0.4, 0.5) is 0 Å². The molecule has 0 saturated carbocycles. The molecule has 80 valence electrons. The van der Waals surface area contributed by atoms with Gasteiger partial charge in [0.1, 0.15) is 12.4 Å². The summed E-state index contributed by atoms with van der Waals surface area (Å²) in [6.45, 7) is 2.60. The maximum absolute atomic E-state index is 8.73. The van der Waals surface area contributed by atoms with Gasteiger partial charge in [-0.15, -0.1) is 0 Å². The molecule has 1 aliphatic carbocycles. The van der Waals surface area contributed by atoms with Crippen LogP contribution in [0.5, 0.6) is 5.75 Å². The van der Waals surface area contributed by atoms with Gasteiger partial charge in [-0.3, -0.25) is 0 Å². The molecule has 15 heavy (non-hydrogen) atoms. The van der Waals surface area contributed by atoms with Crippen molar-refractivity contribution in [3.05, 3.63) is 34.9 Å². The van der Waals surface area contributed by atoms with E-state index in [1.54, 1.807) is 0 Å². The lowest BCUT2D eigenvalue weighted by atomic mass is 10.1. The van der Waals surface area contributed by atoms with Crippen molar-refractivity contribution in [2.75, 3.05) is 13.2 Å². The second-order valence-electron chi connectivity index (χ2n) is 3.73. The summed E-state index contributed by atoms with van der Waals surface area (Å²) in [4.78, 5) is 0. The lowest BCUT2D eigenvalue weighted by molar-refractivity contribution is 0.201. The van der Waals surface area contributed by atoms with E-state index in [0.29, 0.717) is 6.61 Å². The average molecular weight is 204 g/mol. The highest BCUT2D eigenvalue weighted by atomic mass is 16.5. The molecule has 2 heteroatoms. The standard InChI is InChI=1S/C13H16O2/c1-2-10-8-11-4-3-5-13(12(11)9-10)15-7-6-14/h3-5,9,14H,2,6-8H2,1H3. The topological polar surface area (TPSA) is 29.5 Å². The van der Waals surface area contributed by atoms with Crippen LogP contribution in [0.15, 0.2) is 23.8 Å². The van der Waals surface area contributed by atoms with Crippen molar-refractivity contribution in [2.45, 2.75) is 19.8 Å². The van der Waals surface area contributed by atoms with Gasteiger partial charge in [-0.2, -0.15) is 0 Å². The smallest absolute Gasteiger partial charge is 0.126 e. The second kappa shape index (κ2) is 4.49. The highest BCUT2D eigenvalue weighted by Gasteiger charge is 2.14. The van der Waals surface area contributed by atoms with E-state index in [2.05, 4.69) is 19.1 Å². The number of hydrogen-bond donors (Lipinski definition) is 1. The molecule has 0 atom stereocenters. The van der Waals surface area contributed by atoms with Crippen LogP contribution in [-0.4, -0.2) is 18.3 Å². The van der Waals surface area contributed by atoms with Gasteiger partial charge in [0.05, 0.1) is 6.61 Å². The van der Waals surface area contributed by atoms with Crippen molar-refractivity contribution in [1.82, 2.24) is 0 Å². The molecule has 2 rings (SSSR count). The molecule has 0 heterocycles. The summed E-state index contributed by atoms with van der Waals surface area (Å²) in [6.07, 6.45) is 4.35. The Morgan fingerprint density at radius 3 is 3.00 bits per heavy atom. The molecular formula is C13H16O2. The van der Waals surface area contributed by atoms with E-state index in [4.69, 9.17) is 9.84 Å². The van der Waals surface area contributed by atoms with E-state index in [1.165, 1.54) is 16.7 Å². The molecular weight excluding hydrogens is 188 g/mol. The van der Waals surface area contributed by atoms with Crippen LogP contribution in [0.1, 0.15) is 24.5 Å². The molecule has 1 aliphatic rings. The summed E-state index contributed by atoms with van der Waals surface area (Å²) < 4.78 is 5.50. The minimum atomic E-state index is 0.0635. The lowest BCUT2D eigenvalue weighted by Gasteiger charge is -2.08. The Labute approximate surface area is 90.2 Å². The average Bonchev–Trinajstić information content (AvgIpc) is 2.69. The zero-order valence-corrected chi connectivity index (χ0v) is 8.99. The monoisotopic (exact) mass is 204 g/mol. The van der Waals surface area contributed by atoms with Gasteiger partial charge < -0.3 is 9.84 Å². The van der Waals surface area contributed by atoms with E-state index in [1.807, 2.05) is 12.1 Å². The van der Waals surface area contributed by atoms with E-state index < -0.39 is 0 Å². The fourth-order valence-electron chi connectivity index (χ4n) is 1.92. The van der Waals surface area contributed by atoms with E-state index in [9.17, 15) is 0 Å². The lowest BCUT2D eigenvalue weighted by Crippen LogP contribution is -2.02. The van der Waals surface area contributed by atoms with Gasteiger partial charge in [-0.05, 0) is 24.5 Å². The Kier molecular flexibility index (Phi) is 3.07. The van der Waals surface area contributed by atoms with Crippen LogP contribution in [0.3, 0.4) is 0 Å². The summed E-state index contributed by atoms with van der Waals surface area (Å²) in [5, 5.41) is 8.73. The third kappa shape index (κ3) is 2.05.